The maximum absolute atomic E-state index is 13.4. The van der Waals surface area contributed by atoms with E-state index in [1.807, 2.05) is 0 Å². The molecule has 8 nitrogen and oxygen atoms in total. The number of imide groups is 1. The van der Waals surface area contributed by atoms with Gasteiger partial charge >= 0.3 is 6.03 Å². The van der Waals surface area contributed by atoms with Gasteiger partial charge in [-0.05, 0) is 55.7 Å². The summed E-state index contributed by atoms with van der Waals surface area (Å²) in [5, 5.41) is 7.86. The highest BCUT2D eigenvalue weighted by Gasteiger charge is 2.57. The van der Waals surface area contributed by atoms with Crippen molar-refractivity contribution < 1.29 is 18.8 Å². The van der Waals surface area contributed by atoms with Crippen LogP contribution in [0.2, 0.25) is 5.02 Å². The van der Waals surface area contributed by atoms with Crippen LogP contribution in [0.4, 0.5) is 14.9 Å². The number of urea groups is 1. The minimum Gasteiger partial charge on any atom is -0.329 e. The first kappa shape index (κ1) is 20.0. The highest BCUT2D eigenvalue weighted by Crippen LogP contribution is 2.54. The lowest BCUT2D eigenvalue weighted by Crippen LogP contribution is -2.44. The molecule has 2 atom stereocenters. The molecule has 1 aromatic carbocycles. The quantitative estimate of drug-likeness (QED) is 0.631. The van der Waals surface area contributed by atoms with Gasteiger partial charge in [-0.2, -0.15) is 0 Å². The molecule has 31 heavy (non-hydrogen) atoms. The van der Waals surface area contributed by atoms with Crippen LogP contribution in [0.3, 0.4) is 0 Å². The fourth-order valence-corrected chi connectivity index (χ4v) is 5.70. The Morgan fingerprint density at radius 2 is 2.00 bits per heavy atom. The number of halogens is 2. The molecule has 1 aliphatic heterocycles. The second-order valence-corrected chi connectivity index (χ2v) is 9.17. The second-order valence-electron chi connectivity index (χ2n) is 8.76. The number of nitrogens with zero attached hydrogens (tertiary/aromatic N) is 2. The van der Waals surface area contributed by atoms with E-state index >= 15 is 0 Å². The molecule has 1 aromatic heterocycles. The minimum absolute atomic E-state index is 0.0661. The van der Waals surface area contributed by atoms with E-state index in [-0.39, 0.29) is 34.6 Å². The second kappa shape index (κ2) is 7.05. The van der Waals surface area contributed by atoms with Gasteiger partial charge in [-0.1, -0.05) is 11.6 Å². The number of hydrogen-bond donors (Lipinski definition) is 3. The summed E-state index contributed by atoms with van der Waals surface area (Å²) in [6, 6.07) is 3.60. The average Bonchev–Trinajstić information content (AvgIpc) is 3.41. The largest absolute Gasteiger partial charge is 0.329 e. The summed E-state index contributed by atoms with van der Waals surface area (Å²) in [5.74, 6) is -0.478. The molecule has 1 spiro atoms. The summed E-state index contributed by atoms with van der Waals surface area (Å²) in [4.78, 5) is 41.4. The Kier molecular flexibility index (Phi) is 4.55. The molecule has 5 rings (SSSR count). The lowest BCUT2D eigenvalue weighted by Gasteiger charge is -2.22. The van der Waals surface area contributed by atoms with Crippen molar-refractivity contribution in [3.63, 3.8) is 0 Å². The first-order chi connectivity index (χ1) is 14.8. The van der Waals surface area contributed by atoms with Crippen LogP contribution in [0.15, 0.2) is 24.5 Å². The number of anilines is 1. The molecule has 0 bridgehead atoms. The highest BCUT2D eigenvalue weighted by atomic mass is 35.5. The number of hydrogen-bond acceptors (Lipinski definition) is 4. The zero-order chi connectivity index (χ0) is 21.9. The fourth-order valence-electron chi connectivity index (χ4n) is 5.52. The topological polar surface area (TPSA) is 105 Å². The van der Waals surface area contributed by atoms with E-state index in [0.717, 1.165) is 18.5 Å². The van der Waals surface area contributed by atoms with Gasteiger partial charge < -0.3 is 15.2 Å². The molecule has 2 unspecified atom stereocenters. The summed E-state index contributed by atoms with van der Waals surface area (Å²) < 4.78 is 15.1. The Balaban J connectivity index is 1.33. The van der Waals surface area contributed by atoms with E-state index in [2.05, 4.69) is 20.9 Å². The summed E-state index contributed by atoms with van der Waals surface area (Å²) in [6.45, 7) is 0. The van der Waals surface area contributed by atoms with Crippen molar-refractivity contribution in [2.45, 2.75) is 37.1 Å². The summed E-state index contributed by atoms with van der Waals surface area (Å²) in [7, 11) is 1.76. The standard InChI is InChI=1S/C21H21ClFN5O3/c1-28-9-24-16(17(28)18(29)25-13-2-3-15(23)14(22)6-13)10-4-11-7-21(8-12(11)5-10)19(30)26-20(31)27-21/h2-3,6,9-12H,4-5,7-8H2,1H3,(H,25,29)(H2,26,27,30,31). The molecule has 3 N–H and O–H groups in total. The maximum atomic E-state index is 13.4. The number of nitrogens with one attached hydrogen (secondary N) is 3. The van der Waals surface area contributed by atoms with Crippen molar-refractivity contribution in [1.82, 2.24) is 20.2 Å². The third kappa shape index (κ3) is 3.27. The molecule has 2 heterocycles. The Bertz CT molecular complexity index is 1100. The number of carbonyl (C=O) groups excluding carboxylic acids is 3. The molecule has 162 valence electrons. The number of rotatable bonds is 3. The van der Waals surface area contributed by atoms with E-state index in [1.54, 1.807) is 17.9 Å². The number of amides is 4. The van der Waals surface area contributed by atoms with E-state index in [4.69, 9.17) is 11.6 Å². The Labute approximate surface area is 182 Å². The van der Waals surface area contributed by atoms with Crippen LogP contribution < -0.4 is 16.0 Å². The fraction of sp³-hybridized carbons (Fsp3) is 0.429. The van der Waals surface area contributed by atoms with E-state index in [9.17, 15) is 18.8 Å². The number of fused-ring (bicyclic) bond motifs is 1. The number of benzene rings is 1. The minimum atomic E-state index is -0.788. The molecule has 2 aliphatic carbocycles. The molecule has 3 fully saturated rings. The normalized spacial score (nSPS) is 29.2. The third-order valence-electron chi connectivity index (χ3n) is 6.82. The van der Waals surface area contributed by atoms with Gasteiger partial charge in [0.1, 0.15) is 17.1 Å². The number of aryl methyl sites for hydroxylation is 1. The predicted octanol–water partition coefficient (Wildman–Crippen LogP) is 2.95. The monoisotopic (exact) mass is 445 g/mol. The first-order valence-electron chi connectivity index (χ1n) is 10.2. The smallest absolute Gasteiger partial charge is 0.322 e. The van der Waals surface area contributed by atoms with Gasteiger partial charge in [-0.25, -0.2) is 14.2 Å². The van der Waals surface area contributed by atoms with Gasteiger partial charge in [-0.15, -0.1) is 0 Å². The molecular weight excluding hydrogens is 425 g/mol. The van der Waals surface area contributed by atoms with Crippen LogP contribution in [-0.2, 0) is 11.8 Å². The van der Waals surface area contributed by atoms with E-state index < -0.39 is 17.4 Å². The van der Waals surface area contributed by atoms with Crippen LogP contribution in [0.25, 0.3) is 0 Å². The lowest BCUT2D eigenvalue weighted by atomic mass is 9.90. The molecule has 4 amide bonds. The van der Waals surface area contributed by atoms with Crippen LogP contribution in [0, 0.1) is 17.7 Å². The Morgan fingerprint density at radius 3 is 2.61 bits per heavy atom. The van der Waals surface area contributed by atoms with Gasteiger partial charge in [0.2, 0.25) is 0 Å². The van der Waals surface area contributed by atoms with Gasteiger partial charge in [0.15, 0.2) is 0 Å². The number of carbonyl (C=O) groups is 3. The van der Waals surface area contributed by atoms with Crippen molar-refractivity contribution in [3.05, 3.63) is 46.8 Å². The first-order valence-corrected chi connectivity index (χ1v) is 10.5. The third-order valence-corrected chi connectivity index (χ3v) is 7.11. The van der Waals surface area contributed by atoms with Gasteiger partial charge in [0, 0.05) is 18.7 Å². The Morgan fingerprint density at radius 1 is 1.29 bits per heavy atom. The van der Waals surface area contributed by atoms with Crippen LogP contribution in [0.1, 0.15) is 47.8 Å². The van der Waals surface area contributed by atoms with Crippen molar-refractivity contribution in [1.29, 1.82) is 0 Å². The predicted molar refractivity (Wildman–Crippen MR) is 110 cm³/mol. The summed E-state index contributed by atoms with van der Waals surface area (Å²) in [6.07, 6.45) is 4.43. The van der Waals surface area contributed by atoms with Crippen molar-refractivity contribution >= 4 is 35.1 Å². The summed E-state index contributed by atoms with van der Waals surface area (Å²) in [5.41, 5.74) is 0.782. The number of aromatic nitrogens is 2. The Hall–Kier alpha value is -2.94. The van der Waals surface area contributed by atoms with Crippen LogP contribution in [-0.4, -0.2) is 32.9 Å². The molecule has 0 radical (unpaired) electrons. The number of imidazole rings is 1. The molecular formula is C21H21ClFN5O3. The van der Waals surface area contributed by atoms with Crippen molar-refractivity contribution in [2.24, 2.45) is 18.9 Å². The zero-order valence-corrected chi connectivity index (χ0v) is 17.5. The van der Waals surface area contributed by atoms with Crippen LogP contribution in [0.5, 0.6) is 0 Å². The average molecular weight is 446 g/mol. The van der Waals surface area contributed by atoms with Crippen molar-refractivity contribution in [2.75, 3.05) is 5.32 Å². The summed E-state index contributed by atoms with van der Waals surface area (Å²) >= 11 is 5.82. The molecule has 2 saturated carbocycles. The lowest BCUT2D eigenvalue weighted by molar-refractivity contribution is -0.124. The van der Waals surface area contributed by atoms with E-state index in [0.29, 0.717) is 24.2 Å². The molecule has 1 saturated heterocycles. The van der Waals surface area contributed by atoms with Crippen molar-refractivity contribution in [3.8, 4) is 0 Å². The van der Waals surface area contributed by atoms with E-state index in [1.165, 1.54) is 18.2 Å². The van der Waals surface area contributed by atoms with Gasteiger partial charge in [0.25, 0.3) is 11.8 Å². The molecule has 10 heteroatoms. The highest BCUT2D eigenvalue weighted by molar-refractivity contribution is 6.31. The SMILES string of the molecule is Cn1cnc(C2CC3CC4(CC3C2)NC(=O)NC4=O)c1C(=O)Nc1ccc(F)c(Cl)c1. The van der Waals surface area contributed by atoms with Crippen LogP contribution >= 0.6 is 11.6 Å². The maximum Gasteiger partial charge on any atom is 0.322 e. The van der Waals surface area contributed by atoms with Gasteiger partial charge in [0.05, 0.1) is 17.0 Å². The molecule has 3 aliphatic rings. The van der Waals surface area contributed by atoms with Gasteiger partial charge in [-0.3, -0.25) is 14.9 Å². The zero-order valence-electron chi connectivity index (χ0n) is 16.7. The molecule has 2 aromatic rings.